The Bertz CT molecular complexity index is 745. The lowest BCUT2D eigenvalue weighted by Crippen LogP contribution is -2.41. The first-order valence-electron chi connectivity index (χ1n) is 7.68. The lowest BCUT2D eigenvalue weighted by molar-refractivity contribution is 0.00578. The predicted octanol–water partition coefficient (Wildman–Crippen LogP) is 2.10. The van der Waals surface area contributed by atoms with Crippen molar-refractivity contribution < 1.29 is 9.31 Å². The fourth-order valence-electron chi connectivity index (χ4n) is 2.56. The van der Waals surface area contributed by atoms with Gasteiger partial charge in [0.05, 0.1) is 11.2 Å². The molecule has 0 unspecified atom stereocenters. The van der Waals surface area contributed by atoms with E-state index in [0.29, 0.717) is 12.4 Å². The van der Waals surface area contributed by atoms with Crippen molar-refractivity contribution in [2.75, 3.05) is 0 Å². The van der Waals surface area contributed by atoms with Gasteiger partial charge in [-0.2, -0.15) is 5.26 Å². The summed E-state index contributed by atoms with van der Waals surface area (Å²) >= 11 is 0. The minimum atomic E-state index is -0.377. The molecule has 1 aliphatic heterocycles. The van der Waals surface area contributed by atoms with E-state index in [1.807, 2.05) is 50.5 Å². The van der Waals surface area contributed by atoms with Gasteiger partial charge in [-0.25, -0.2) is 4.98 Å². The Morgan fingerprint density at radius 3 is 2.57 bits per heavy atom. The lowest BCUT2D eigenvalue weighted by Gasteiger charge is -2.32. The summed E-state index contributed by atoms with van der Waals surface area (Å²) in [7, 11) is -0.377. The van der Waals surface area contributed by atoms with Gasteiger partial charge in [-0.15, -0.1) is 0 Å². The van der Waals surface area contributed by atoms with E-state index in [1.165, 1.54) is 0 Å². The second kappa shape index (κ2) is 5.52. The zero-order chi connectivity index (χ0) is 16.7. The van der Waals surface area contributed by atoms with Crippen molar-refractivity contribution >= 4 is 12.6 Å². The second-order valence-corrected chi connectivity index (χ2v) is 6.82. The lowest BCUT2D eigenvalue weighted by atomic mass is 9.78. The SMILES string of the molecule is CC1(C)OB(c2cccc(Cn3ccnc3C#N)c2)OC1(C)C. The van der Waals surface area contributed by atoms with E-state index in [9.17, 15) is 0 Å². The second-order valence-electron chi connectivity index (χ2n) is 6.82. The van der Waals surface area contributed by atoms with Gasteiger partial charge in [0, 0.05) is 18.9 Å². The number of benzene rings is 1. The van der Waals surface area contributed by atoms with Crippen LogP contribution in [-0.2, 0) is 15.9 Å². The molecule has 1 aromatic heterocycles. The minimum Gasteiger partial charge on any atom is -0.399 e. The summed E-state index contributed by atoms with van der Waals surface area (Å²) in [6.45, 7) is 8.77. The molecular formula is C17H20BN3O2. The fraction of sp³-hybridized carbons (Fsp3) is 0.412. The molecule has 0 N–H and O–H groups in total. The smallest absolute Gasteiger partial charge is 0.399 e. The van der Waals surface area contributed by atoms with Crippen LogP contribution in [0, 0.1) is 11.3 Å². The average molecular weight is 309 g/mol. The molecule has 2 heterocycles. The van der Waals surface area contributed by atoms with Gasteiger partial charge in [0.1, 0.15) is 6.07 Å². The van der Waals surface area contributed by atoms with Crippen LogP contribution in [0.5, 0.6) is 0 Å². The maximum atomic E-state index is 9.05. The summed E-state index contributed by atoms with van der Waals surface area (Å²) in [4.78, 5) is 4.02. The van der Waals surface area contributed by atoms with Gasteiger partial charge in [-0.1, -0.05) is 24.3 Å². The van der Waals surface area contributed by atoms with Crippen molar-refractivity contribution in [2.45, 2.75) is 45.4 Å². The van der Waals surface area contributed by atoms with Crippen molar-refractivity contribution in [1.29, 1.82) is 5.26 Å². The van der Waals surface area contributed by atoms with Crippen LogP contribution < -0.4 is 5.46 Å². The number of imidazole rings is 1. The zero-order valence-electron chi connectivity index (χ0n) is 13.9. The predicted molar refractivity (Wildman–Crippen MR) is 88.2 cm³/mol. The van der Waals surface area contributed by atoms with E-state index in [1.54, 1.807) is 12.4 Å². The highest BCUT2D eigenvalue weighted by Gasteiger charge is 2.51. The largest absolute Gasteiger partial charge is 0.494 e. The van der Waals surface area contributed by atoms with Gasteiger partial charge in [0.15, 0.2) is 0 Å². The van der Waals surface area contributed by atoms with Gasteiger partial charge < -0.3 is 13.9 Å². The highest BCUT2D eigenvalue weighted by atomic mass is 16.7. The van der Waals surface area contributed by atoms with Gasteiger partial charge in [-0.3, -0.25) is 0 Å². The van der Waals surface area contributed by atoms with Crippen molar-refractivity contribution in [3.63, 3.8) is 0 Å². The van der Waals surface area contributed by atoms with E-state index in [-0.39, 0.29) is 18.3 Å². The van der Waals surface area contributed by atoms with E-state index in [0.717, 1.165) is 11.0 Å². The van der Waals surface area contributed by atoms with Crippen LogP contribution in [0.3, 0.4) is 0 Å². The van der Waals surface area contributed by atoms with Crippen LogP contribution >= 0.6 is 0 Å². The molecule has 0 radical (unpaired) electrons. The summed E-state index contributed by atoms with van der Waals surface area (Å²) in [5.74, 6) is 0.408. The molecule has 1 aromatic carbocycles. The van der Waals surface area contributed by atoms with Gasteiger partial charge in [0.2, 0.25) is 5.82 Å². The molecule has 0 spiro atoms. The van der Waals surface area contributed by atoms with Gasteiger partial charge in [-0.05, 0) is 38.7 Å². The van der Waals surface area contributed by atoms with Crippen molar-refractivity contribution in [2.24, 2.45) is 0 Å². The summed E-state index contributed by atoms with van der Waals surface area (Å²) < 4.78 is 14.0. The Morgan fingerprint density at radius 2 is 1.91 bits per heavy atom. The van der Waals surface area contributed by atoms with Crippen LogP contribution in [0.15, 0.2) is 36.7 Å². The topological polar surface area (TPSA) is 60.1 Å². The van der Waals surface area contributed by atoms with E-state index in [2.05, 4.69) is 17.1 Å². The molecule has 3 rings (SSSR count). The third kappa shape index (κ3) is 2.90. The maximum Gasteiger partial charge on any atom is 0.494 e. The highest BCUT2D eigenvalue weighted by molar-refractivity contribution is 6.62. The Kier molecular flexibility index (Phi) is 3.79. The number of nitriles is 1. The molecule has 1 aliphatic rings. The van der Waals surface area contributed by atoms with Crippen LogP contribution in [0.2, 0.25) is 0 Å². The maximum absolute atomic E-state index is 9.05. The van der Waals surface area contributed by atoms with E-state index < -0.39 is 0 Å². The summed E-state index contributed by atoms with van der Waals surface area (Å²) in [6, 6.07) is 10.2. The molecule has 1 fully saturated rings. The van der Waals surface area contributed by atoms with Crippen molar-refractivity contribution in [3.05, 3.63) is 48.0 Å². The number of nitrogens with zero attached hydrogens (tertiary/aromatic N) is 3. The normalized spacial score (nSPS) is 18.8. The third-order valence-corrected chi connectivity index (χ3v) is 4.64. The first-order chi connectivity index (χ1) is 10.8. The van der Waals surface area contributed by atoms with Gasteiger partial charge >= 0.3 is 7.12 Å². The Hall–Kier alpha value is -2.10. The molecule has 6 heteroatoms. The molecule has 0 amide bonds. The Balaban J connectivity index is 1.83. The standard InChI is InChI=1S/C17H20BN3O2/c1-16(2)17(3,4)23-18(22-16)14-7-5-6-13(10-14)12-21-9-8-20-15(21)11-19/h5-10H,12H2,1-4H3. The molecule has 1 saturated heterocycles. The van der Waals surface area contributed by atoms with Crippen LogP contribution in [0.1, 0.15) is 39.1 Å². The van der Waals surface area contributed by atoms with Crippen molar-refractivity contribution in [3.8, 4) is 6.07 Å². The molecule has 23 heavy (non-hydrogen) atoms. The third-order valence-electron chi connectivity index (χ3n) is 4.64. The molecule has 0 saturated carbocycles. The van der Waals surface area contributed by atoms with Crippen LogP contribution in [0.4, 0.5) is 0 Å². The monoisotopic (exact) mass is 309 g/mol. The molecule has 118 valence electrons. The number of rotatable bonds is 3. The molecule has 0 aliphatic carbocycles. The van der Waals surface area contributed by atoms with E-state index >= 15 is 0 Å². The molecular weight excluding hydrogens is 289 g/mol. The van der Waals surface area contributed by atoms with Crippen LogP contribution in [0.25, 0.3) is 0 Å². The Labute approximate surface area is 137 Å². The molecule has 2 aromatic rings. The Morgan fingerprint density at radius 1 is 1.22 bits per heavy atom. The quantitative estimate of drug-likeness (QED) is 0.815. The van der Waals surface area contributed by atoms with Gasteiger partial charge in [0.25, 0.3) is 0 Å². The minimum absolute atomic E-state index is 0.355. The summed E-state index contributed by atoms with van der Waals surface area (Å²) in [6.07, 6.45) is 3.44. The first-order valence-corrected chi connectivity index (χ1v) is 7.68. The molecule has 0 atom stereocenters. The van der Waals surface area contributed by atoms with E-state index in [4.69, 9.17) is 14.6 Å². The zero-order valence-corrected chi connectivity index (χ0v) is 13.9. The number of hydrogen-bond acceptors (Lipinski definition) is 4. The first kappa shape index (κ1) is 15.8. The highest BCUT2D eigenvalue weighted by Crippen LogP contribution is 2.36. The fourth-order valence-corrected chi connectivity index (χ4v) is 2.56. The summed E-state index contributed by atoms with van der Waals surface area (Å²) in [5, 5.41) is 9.05. The average Bonchev–Trinajstić information content (AvgIpc) is 3.01. The number of aromatic nitrogens is 2. The molecule has 5 nitrogen and oxygen atoms in total. The summed E-state index contributed by atoms with van der Waals surface area (Å²) in [5.41, 5.74) is 1.35. The van der Waals surface area contributed by atoms with Crippen molar-refractivity contribution in [1.82, 2.24) is 9.55 Å². The van der Waals surface area contributed by atoms with Crippen LogP contribution in [-0.4, -0.2) is 27.9 Å². The molecule has 0 bridgehead atoms. The number of hydrogen-bond donors (Lipinski definition) is 0.